The number of ether oxygens (including phenoxy) is 2. The Bertz CT molecular complexity index is 930. The highest BCUT2D eigenvalue weighted by Crippen LogP contribution is 2.26. The van der Waals surface area contributed by atoms with Crippen molar-refractivity contribution in [2.75, 3.05) is 39.4 Å². The molecule has 30 heavy (non-hydrogen) atoms. The standard InChI is InChI=1S/C21H21F3N2O4/c1-2-29-16-5-3-4-6-17(16)30-13-18(27)25-9-11-26(12-10-25)21(28)14-7-8-15(22)20(24)19(14)23/h3-8H,2,9-13H2,1H3. The van der Waals surface area contributed by atoms with Gasteiger partial charge in [-0.25, -0.2) is 13.2 Å². The highest BCUT2D eigenvalue weighted by molar-refractivity contribution is 5.94. The lowest BCUT2D eigenvalue weighted by molar-refractivity contribution is -0.134. The van der Waals surface area contributed by atoms with Crippen LogP contribution in [0.4, 0.5) is 13.2 Å². The minimum absolute atomic E-state index is 0.137. The molecule has 0 aromatic heterocycles. The minimum atomic E-state index is -1.68. The molecule has 1 fully saturated rings. The third kappa shape index (κ3) is 4.67. The van der Waals surface area contributed by atoms with Crippen LogP contribution in [0.5, 0.6) is 11.5 Å². The summed E-state index contributed by atoms with van der Waals surface area (Å²) in [6, 6.07) is 8.63. The summed E-state index contributed by atoms with van der Waals surface area (Å²) in [6.07, 6.45) is 0. The zero-order chi connectivity index (χ0) is 21.7. The molecule has 0 saturated carbocycles. The maximum Gasteiger partial charge on any atom is 0.260 e. The Morgan fingerprint density at radius 3 is 2.10 bits per heavy atom. The van der Waals surface area contributed by atoms with Crippen molar-refractivity contribution in [2.24, 2.45) is 0 Å². The Hall–Kier alpha value is -3.23. The predicted molar refractivity (Wildman–Crippen MR) is 102 cm³/mol. The second kappa shape index (κ2) is 9.51. The maximum absolute atomic E-state index is 13.9. The number of carbonyl (C=O) groups is 2. The molecule has 3 rings (SSSR count). The van der Waals surface area contributed by atoms with Crippen LogP contribution in [-0.4, -0.2) is 61.0 Å². The predicted octanol–water partition coefficient (Wildman–Crippen LogP) is 2.87. The highest BCUT2D eigenvalue weighted by atomic mass is 19.2. The molecular weight excluding hydrogens is 401 g/mol. The molecule has 1 aliphatic rings. The first-order chi connectivity index (χ1) is 14.4. The van der Waals surface area contributed by atoms with Gasteiger partial charge in [0.05, 0.1) is 12.2 Å². The van der Waals surface area contributed by atoms with Crippen molar-refractivity contribution in [2.45, 2.75) is 6.92 Å². The third-order valence-corrected chi connectivity index (χ3v) is 4.69. The summed E-state index contributed by atoms with van der Waals surface area (Å²) in [5, 5.41) is 0. The average Bonchev–Trinajstić information content (AvgIpc) is 2.77. The van der Waals surface area contributed by atoms with Crippen molar-refractivity contribution < 1.29 is 32.2 Å². The lowest BCUT2D eigenvalue weighted by atomic mass is 10.1. The summed E-state index contributed by atoms with van der Waals surface area (Å²) >= 11 is 0. The molecule has 0 unspecified atom stereocenters. The number of amides is 2. The molecule has 0 aliphatic carbocycles. The number of nitrogens with zero attached hydrogens (tertiary/aromatic N) is 2. The number of rotatable bonds is 6. The lowest BCUT2D eigenvalue weighted by Crippen LogP contribution is -2.51. The van der Waals surface area contributed by atoms with Gasteiger partial charge in [-0.1, -0.05) is 12.1 Å². The van der Waals surface area contributed by atoms with E-state index in [1.54, 1.807) is 24.3 Å². The second-order valence-electron chi connectivity index (χ2n) is 6.56. The number of para-hydroxylation sites is 2. The summed E-state index contributed by atoms with van der Waals surface area (Å²) in [7, 11) is 0. The Kier molecular flexibility index (Phi) is 6.81. The van der Waals surface area contributed by atoms with Crippen LogP contribution in [0, 0.1) is 17.5 Å². The highest BCUT2D eigenvalue weighted by Gasteiger charge is 2.28. The van der Waals surface area contributed by atoms with Gasteiger partial charge in [0, 0.05) is 26.2 Å². The van der Waals surface area contributed by atoms with Crippen molar-refractivity contribution >= 4 is 11.8 Å². The van der Waals surface area contributed by atoms with E-state index in [1.807, 2.05) is 6.92 Å². The number of piperazine rings is 1. The van der Waals surface area contributed by atoms with Crippen molar-refractivity contribution in [3.63, 3.8) is 0 Å². The second-order valence-corrected chi connectivity index (χ2v) is 6.56. The Labute approximate surface area is 171 Å². The molecule has 0 spiro atoms. The van der Waals surface area contributed by atoms with Gasteiger partial charge in [0.2, 0.25) is 0 Å². The Morgan fingerprint density at radius 1 is 0.867 bits per heavy atom. The largest absolute Gasteiger partial charge is 0.490 e. The van der Waals surface area contributed by atoms with Gasteiger partial charge in [-0.15, -0.1) is 0 Å². The minimum Gasteiger partial charge on any atom is -0.490 e. The molecule has 1 heterocycles. The molecule has 1 aliphatic heterocycles. The van der Waals surface area contributed by atoms with Gasteiger partial charge in [-0.3, -0.25) is 9.59 Å². The molecule has 2 aromatic carbocycles. The Balaban J connectivity index is 1.55. The third-order valence-electron chi connectivity index (χ3n) is 4.69. The topological polar surface area (TPSA) is 59.1 Å². The van der Waals surface area contributed by atoms with Gasteiger partial charge >= 0.3 is 0 Å². The zero-order valence-electron chi connectivity index (χ0n) is 16.4. The zero-order valence-corrected chi connectivity index (χ0v) is 16.4. The SMILES string of the molecule is CCOc1ccccc1OCC(=O)N1CCN(C(=O)c2ccc(F)c(F)c2F)CC1. The first kappa shape index (κ1) is 21.5. The van der Waals surface area contributed by atoms with Gasteiger partial charge in [0.25, 0.3) is 11.8 Å². The maximum atomic E-state index is 13.9. The first-order valence-electron chi connectivity index (χ1n) is 9.47. The fourth-order valence-electron chi connectivity index (χ4n) is 3.10. The van der Waals surface area contributed by atoms with Crippen LogP contribution in [-0.2, 0) is 4.79 Å². The van der Waals surface area contributed by atoms with E-state index in [-0.39, 0.29) is 38.7 Å². The quantitative estimate of drug-likeness (QED) is 0.672. The molecule has 0 radical (unpaired) electrons. The lowest BCUT2D eigenvalue weighted by Gasteiger charge is -2.34. The van der Waals surface area contributed by atoms with E-state index in [0.717, 1.165) is 6.07 Å². The van der Waals surface area contributed by atoms with Crippen molar-refractivity contribution in [3.05, 3.63) is 59.4 Å². The van der Waals surface area contributed by atoms with Gasteiger partial charge < -0.3 is 19.3 Å². The van der Waals surface area contributed by atoms with Crippen molar-refractivity contribution in [3.8, 4) is 11.5 Å². The van der Waals surface area contributed by atoms with E-state index >= 15 is 0 Å². The summed E-state index contributed by atoms with van der Waals surface area (Å²) in [4.78, 5) is 27.7. The Morgan fingerprint density at radius 2 is 1.47 bits per heavy atom. The number of carbonyl (C=O) groups excluding carboxylic acids is 2. The summed E-state index contributed by atoms with van der Waals surface area (Å²) in [5.74, 6) is -4.58. The molecule has 0 atom stereocenters. The van der Waals surface area contributed by atoms with E-state index in [2.05, 4.69) is 0 Å². The summed E-state index contributed by atoms with van der Waals surface area (Å²) < 4.78 is 51.3. The number of hydrogen-bond donors (Lipinski definition) is 0. The summed E-state index contributed by atoms with van der Waals surface area (Å²) in [5.41, 5.74) is -0.537. The molecule has 1 saturated heterocycles. The molecule has 0 N–H and O–H groups in total. The van der Waals surface area contributed by atoms with Crippen molar-refractivity contribution in [1.29, 1.82) is 0 Å². The van der Waals surface area contributed by atoms with Gasteiger partial charge in [0.1, 0.15) is 0 Å². The van der Waals surface area contributed by atoms with E-state index in [9.17, 15) is 22.8 Å². The van der Waals surface area contributed by atoms with E-state index in [1.165, 1.54) is 9.80 Å². The van der Waals surface area contributed by atoms with Crippen LogP contribution >= 0.6 is 0 Å². The molecule has 0 bridgehead atoms. The molecule has 2 amide bonds. The van der Waals surface area contributed by atoms with E-state index in [4.69, 9.17) is 9.47 Å². The van der Waals surface area contributed by atoms with E-state index in [0.29, 0.717) is 24.2 Å². The van der Waals surface area contributed by atoms with Gasteiger partial charge in [0.15, 0.2) is 35.6 Å². The average molecular weight is 422 g/mol. The molecular formula is C21H21F3N2O4. The van der Waals surface area contributed by atoms with E-state index < -0.39 is 28.9 Å². The van der Waals surface area contributed by atoms with Crippen LogP contribution in [0.15, 0.2) is 36.4 Å². The smallest absolute Gasteiger partial charge is 0.260 e. The number of halogens is 3. The van der Waals surface area contributed by atoms with Crippen LogP contribution in [0.3, 0.4) is 0 Å². The van der Waals surface area contributed by atoms with Crippen molar-refractivity contribution in [1.82, 2.24) is 9.80 Å². The number of benzene rings is 2. The van der Waals surface area contributed by atoms with Crippen LogP contribution in [0.1, 0.15) is 17.3 Å². The molecule has 6 nitrogen and oxygen atoms in total. The van der Waals surface area contributed by atoms with Crippen LogP contribution in [0.25, 0.3) is 0 Å². The van der Waals surface area contributed by atoms with Gasteiger partial charge in [-0.05, 0) is 31.2 Å². The number of hydrogen-bond acceptors (Lipinski definition) is 4. The monoisotopic (exact) mass is 422 g/mol. The van der Waals surface area contributed by atoms with Crippen LogP contribution in [0.2, 0.25) is 0 Å². The first-order valence-corrected chi connectivity index (χ1v) is 9.47. The fraction of sp³-hybridized carbons (Fsp3) is 0.333. The molecule has 160 valence electrons. The molecule has 2 aromatic rings. The normalized spacial score (nSPS) is 13.9. The summed E-state index contributed by atoms with van der Waals surface area (Å²) in [6.45, 7) is 2.81. The molecule has 9 heteroatoms. The fourth-order valence-corrected chi connectivity index (χ4v) is 3.10. The van der Waals surface area contributed by atoms with Crippen LogP contribution < -0.4 is 9.47 Å². The van der Waals surface area contributed by atoms with Gasteiger partial charge in [-0.2, -0.15) is 0 Å².